The molecule has 0 amide bonds. The molecule has 4 rings (SSSR count). The molecule has 0 spiro atoms. The molecule has 0 aliphatic carbocycles. The quantitative estimate of drug-likeness (QED) is 0.772. The Hall–Kier alpha value is -2.52. The van der Waals surface area contributed by atoms with Gasteiger partial charge in [0.1, 0.15) is 0 Å². The maximum atomic E-state index is 14.0. The van der Waals surface area contributed by atoms with Crippen molar-refractivity contribution < 1.29 is 17.5 Å². The molecule has 0 bridgehead atoms. The van der Waals surface area contributed by atoms with Crippen molar-refractivity contribution in [3.05, 3.63) is 59.3 Å². The highest BCUT2D eigenvalue weighted by Gasteiger charge is 2.27. The summed E-state index contributed by atoms with van der Waals surface area (Å²) < 4.78 is 46.7. The topological polar surface area (TPSA) is 71.0 Å². The number of anilines is 1. The van der Waals surface area contributed by atoms with Crippen LogP contribution in [-0.4, -0.2) is 38.2 Å². The summed E-state index contributed by atoms with van der Waals surface area (Å²) in [4.78, 5) is 6.40. The predicted molar refractivity (Wildman–Crippen MR) is 109 cm³/mol. The van der Waals surface area contributed by atoms with Crippen LogP contribution in [0.15, 0.2) is 57.8 Å². The van der Waals surface area contributed by atoms with Crippen LogP contribution in [0.2, 0.25) is 0 Å². The molecule has 0 radical (unpaired) electrons. The van der Waals surface area contributed by atoms with Crippen LogP contribution in [0.4, 0.5) is 10.1 Å². The van der Waals surface area contributed by atoms with Gasteiger partial charge in [0.05, 0.1) is 23.7 Å². The number of halogens is 1. The smallest absolute Gasteiger partial charge is 0.262 e. The zero-order chi connectivity index (χ0) is 19.7. The Balaban J connectivity index is 1.51. The summed E-state index contributed by atoms with van der Waals surface area (Å²) in [6.45, 7) is 3.67. The molecule has 6 nitrogen and oxygen atoms in total. The van der Waals surface area contributed by atoms with E-state index in [0.29, 0.717) is 12.3 Å². The van der Waals surface area contributed by atoms with E-state index >= 15 is 0 Å². The largest absolute Gasteiger partial charge is 0.491 e. The van der Waals surface area contributed by atoms with Gasteiger partial charge in [0.2, 0.25) is 0 Å². The van der Waals surface area contributed by atoms with Crippen LogP contribution >= 0.6 is 11.8 Å². The van der Waals surface area contributed by atoms with Crippen LogP contribution in [0.3, 0.4) is 0 Å². The third kappa shape index (κ3) is 3.59. The summed E-state index contributed by atoms with van der Waals surface area (Å²) in [7, 11) is -3.91. The monoisotopic (exact) mass is 419 g/mol. The number of hydrogen-bond acceptors (Lipinski definition) is 6. The van der Waals surface area contributed by atoms with Crippen LogP contribution < -0.4 is 9.46 Å². The maximum Gasteiger partial charge on any atom is 0.262 e. The Morgan fingerprint density at radius 1 is 1.25 bits per heavy atom. The minimum absolute atomic E-state index is 0.0262. The number of amidine groups is 1. The fourth-order valence-electron chi connectivity index (χ4n) is 2.99. The van der Waals surface area contributed by atoms with Crippen LogP contribution in [0, 0.1) is 5.82 Å². The molecule has 2 aliphatic heterocycles. The van der Waals surface area contributed by atoms with Gasteiger partial charge in [0, 0.05) is 17.6 Å². The van der Waals surface area contributed by atoms with E-state index in [1.165, 1.54) is 12.1 Å². The summed E-state index contributed by atoms with van der Waals surface area (Å²) in [6, 6.07) is 10.7. The Morgan fingerprint density at radius 3 is 2.75 bits per heavy atom. The first-order valence-corrected chi connectivity index (χ1v) is 11.1. The molecule has 2 aromatic rings. The zero-order valence-corrected chi connectivity index (χ0v) is 16.7. The highest BCUT2D eigenvalue weighted by Crippen LogP contribution is 2.35. The standard InChI is InChI=1S/C19H18FN3O3S2/c1-2-26-18-8-7-15(11-16(18)20)28(24,25)22-14-5-3-13(4-6-14)17-12-27-19-21-9-10-23(17)19/h3-8,11-12,22H,2,9-10H2,1H3. The van der Waals surface area contributed by atoms with Crippen molar-refractivity contribution >= 4 is 38.3 Å². The van der Waals surface area contributed by atoms with Gasteiger partial charge in [-0.3, -0.25) is 9.71 Å². The predicted octanol–water partition coefficient (Wildman–Crippen LogP) is 3.74. The summed E-state index contributed by atoms with van der Waals surface area (Å²) in [5.74, 6) is -0.688. The highest BCUT2D eigenvalue weighted by atomic mass is 32.2. The second-order valence-corrected chi connectivity index (χ2v) is 8.66. The van der Waals surface area contributed by atoms with Gasteiger partial charge in [-0.05, 0) is 42.8 Å². The van der Waals surface area contributed by atoms with Gasteiger partial charge < -0.3 is 9.64 Å². The number of benzene rings is 2. The average molecular weight is 420 g/mol. The van der Waals surface area contributed by atoms with E-state index in [9.17, 15) is 12.8 Å². The molecule has 0 aromatic heterocycles. The first kappa shape index (κ1) is 18.8. The Bertz CT molecular complexity index is 1070. The van der Waals surface area contributed by atoms with Crippen LogP contribution in [-0.2, 0) is 10.0 Å². The molecule has 9 heteroatoms. The third-order valence-corrected chi connectivity index (χ3v) is 6.60. The van der Waals surface area contributed by atoms with Crippen molar-refractivity contribution in [2.24, 2.45) is 4.99 Å². The minimum atomic E-state index is -3.91. The first-order chi connectivity index (χ1) is 13.5. The van der Waals surface area contributed by atoms with Crippen molar-refractivity contribution in [2.45, 2.75) is 11.8 Å². The summed E-state index contributed by atoms with van der Waals surface area (Å²) in [6.07, 6.45) is 0. The minimum Gasteiger partial charge on any atom is -0.491 e. The number of thioether (sulfide) groups is 1. The molecule has 2 aliphatic rings. The summed E-state index contributed by atoms with van der Waals surface area (Å²) in [5.41, 5.74) is 2.44. The lowest BCUT2D eigenvalue weighted by Crippen LogP contribution is -2.19. The number of fused-ring (bicyclic) bond motifs is 1. The Labute approximate surface area is 167 Å². The van der Waals surface area contributed by atoms with E-state index in [1.54, 1.807) is 30.8 Å². The van der Waals surface area contributed by atoms with E-state index in [4.69, 9.17) is 4.74 Å². The SMILES string of the molecule is CCOc1ccc(S(=O)(=O)Nc2ccc(C3=CSC4=NCCN34)cc2)cc1F. The molecule has 146 valence electrons. The molecule has 0 saturated carbocycles. The van der Waals surface area contributed by atoms with Crippen molar-refractivity contribution in [1.29, 1.82) is 0 Å². The summed E-state index contributed by atoms with van der Waals surface area (Å²) >= 11 is 1.59. The highest BCUT2D eigenvalue weighted by molar-refractivity contribution is 8.16. The van der Waals surface area contributed by atoms with E-state index in [2.05, 4.69) is 14.6 Å². The van der Waals surface area contributed by atoms with Crippen LogP contribution in [0.1, 0.15) is 12.5 Å². The Kier molecular flexibility index (Phi) is 5.03. The lowest BCUT2D eigenvalue weighted by atomic mass is 10.1. The zero-order valence-electron chi connectivity index (χ0n) is 15.1. The number of ether oxygens (including phenoxy) is 1. The third-order valence-electron chi connectivity index (χ3n) is 4.31. The fourth-order valence-corrected chi connectivity index (χ4v) is 5.02. The van der Waals surface area contributed by atoms with Crippen molar-refractivity contribution in [1.82, 2.24) is 4.90 Å². The molecular weight excluding hydrogens is 401 g/mol. The lowest BCUT2D eigenvalue weighted by Gasteiger charge is -2.17. The van der Waals surface area contributed by atoms with Gasteiger partial charge in [-0.1, -0.05) is 23.9 Å². The molecule has 0 unspecified atom stereocenters. The van der Waals surface area contributed by atoms with Gasteiger partial charge in [-0.15, -0.1) is 0 Å². The number of nitrogens with zero attached hydrogens (tertiary/aromatic N) is 2. The van der Waals surface area contributed by atoms with Gasteiger partial charge in [0.25, 0.3) is 10.0 Å². The fraction of sp³-hybridized carbons (Fsp3) is 0.211. The molecule has 1 N–H and O–H groups in total. The number of rotatable bonds is 6. The van der Waals surface area contributed by atoms with E-state index in [1.807, 2.05) is 17.5 Å². The van der Waals surface area contributed by atoms with Gasteiger partial charge >= 0.3 is 0 Å². The molecule has 0 atom stereocenters. The average Bonchev–Trinajstić information content (AvgIpc) is 3.28. The molecule has 0 fully saturated rings. The van der Waals surface area contributed by atoms with Crippen LogP contribution in [0.25, 0.3) is 5.70 Å². The first-order valence-electron chi connectivity index (χ1n) is 8.72. The summed E-state index contributed by atoms with van der Waals surface area (Å²) in [5, 5.41) is 3.04. The molecule has 2 heterocycles. The van der Waals surface area contributed by atoms with Crippen molar-refractivity contribution in [3.63, 3.8) is 0 Å². The van der Waals surface area contributed by atoms with Gasteiger partial charge in [-0.2, -0.15) is 0 Å². The normalized spacial score (nSPS) is 15.9. The number of sulfonamides is 1. The molecular formula is C19H18FN3O3S2. The molecule has 0 saturated heterocycles. The van der Waals surface area contributed by atoms with Crippen molar-refractivity contribution in [2.75, 3.05) is 24.4 Å². The number of hydrogen-bond donors (Lipinski definition) is 1. The number of nitrogens with one attached hydrogen (secondary N) is 1. The lowest BCUT2D eigenvalue weighted by molar-refractivity contribution is 0.321. The molecule has 28 heavy (non-hydrogen) atoms. The molecule has 2 aromatic carbocycles. The second kappa shape index (κ2) is 7.48. The second-order valence-electron chi connectivity index (χ2n) is 6.14. The Morgan fingerprint density at radius 2 is 2.04 bits per heavy atom. The van der Waals surface area contributed by atoms with E-state index in [0.717, 1.165) is 35.6 Å². The van der Waals surface area contributed by atoms with E-state index in [-0.39, 0.29) is 10.6 Å². The van der Waals surface area contributed by atoms with Gasteiger partial charge in [-0.25, -0.2) is 12.8 Å². The maximum absolute atomic E-state index is 14.0. The van der Waals surface area contributed by atoms with Gasteiger partial charge in [0.15, 0.2) is 16.7 Å². The number of aliphatic imine (C=N–C) groups is 1. The van der Waals surface area contributed by atoms with Crippen molar-refractivity contribution in [3.8, 4) is 5.75 Å². The van der Waals surface area contributed by atoms with E-state index < -0.39 is 15.8 Å². The van der Waals surface area contributed by atoms with Crippen LogP contribution in [0.5, 0.6) is 5.75 Å².